The van der Waals surface area contributed by atoms with E-state index >= 15 is 0 Å². The van der Waals surface area contributed by atoms with E-state index in [1.165, 1.54) is 25.7 Å². The number of unbranched alkanes of at least 4 members (excludes halogenated alkanes) is 3. The van der Waals surface area contributed by atoms with Crippen LogP contribution in [0.15, 0.2) is 4.99 Å². The molecule has 0 saturated carbocycles. The Morgan fingerprint density at radius 1 is 1.19 bits per heavy atom. The summed E-state index contributed by atoms with van der Waals surface area (Å²) in [5.41, 5.74) is -0.206. The fourth-order valence-corrected chi connectivity index (χ4v) is 2.00. The van der Waals surface area contributed by atoms with Crippen LogP contribution in [0.25, 0.3) is 0 Å². The molecule has 5 nitrogen and oxygen atoms in total. The van der Waals surface area contributed by atoms with Gasteiger partial charge in [-0.15, -0.1) is 0 Å². The van der Waals surface area contributed by atoms with Gasteiger partial charge in [0.05, 0.1) is 6.54 Å². The minimum Gasteiger partial charge on any atom is -0.354 e. The van der Waals surface area contributed by atoms with Crippen LogP contribution in [0.3, 0.4) is 0 Å². The molecule has 3 N–H and O–H groups in total. The van der Waals surface area contributed by atoms with Crippen molar-refractivity contribution in [2.75, 3.05) is 13.6 Å². The molecule has 0 saturated heterocycles. The molecule has 0 bridgehead atoms. The number of hydrogen-bond acceptors (Lipinski definition) is 2. The number of guanidine groups is 1. The van der Waals surface area contributed by atoms with Gasteiger partial charge in [-0.3, -0.25) is 9.79 Å². The van der Waals surface area contributed by atoms with Gasteiger partial charge in [-0.05, 0) is 34.1 Å². The summed E-state index contributed by atoms with van der Waals surface area (Å²) in [5.74, 6) is 0.656. The quantitative estimate of drug-likeness (QED) is 0.366. The first kappa shape index (κ1) is 19.7. The van der Waals surface area contributed by atoms with Crippen molar-refractivity contribution in [2.24, 2.45) is 4.99 Å². The molecule has 0 aromatic rings. The van der Waals surface area contributed by atoms with Crippen LogP contribution in [0.1, 0.15) is 66.7 Å². The van der Waals surface area contributed by atoms with Gasteiger partial charge in [0.15, 0.2) is 5.96 Å². The molecule has 0 aliphatic rings. The molecule has 0 spiro atoms. The molecule has 0 aromatic heterocycles. The average Bonchev–Trinajstić information content (AvgIpc) is 2.37. The van der Waals surface area contributed by atoms with Crippen molar-refractivity contribution in [3.05, 3.63) is 0 Å². The average molecular weight is 298 g/mol. The molecule has 5 heteroatoms. The highest BCUT2D eigenvalue weighted by Crippen LogP contribution is 2.05. The highest BCUT2D eigenvalue weighted by atomic mass is 16.2. The van der Waals surface area contributed by atoms with Gasteiger partial charge in [-0.1, -0.05) is 32.6 Å². The Morgan fingerprint density at radius 3 is 2.38 bits per heavy atom. The summed E-state index contributed by atoms with van der Waals surface area (Å²) in [5, 5.41) is 9.29. The molecule has 0 aromatic carbocycles. The maximum absolute atomic E-state index is 11.8. The summed E-state index contributed by atoms with van der Waals surface area (Å²) >= 11 is 0. The Bertz CT molecular complexity index is 321. The fraction of sp³-hybridized carbons (Fsp3) is 0.875. The third kappa shape index (κ3) is 12.2. The molecule has 0 rings (SSSR count). The van der Waals surface area contributed by atoms with E-state index in [0.29, 0.717) is 12.0 Å². The van der Waals surface area contributed by atoms with Crippen LogP contribution >= 0.6 is 0 Å². The first-order chi connectivity index (χ1) is 9.78. The Hall–Kier alpha value is -1.26. The van der Waals surface area contributed by atoms with Crippen LogP contribution in [0.5, 0.6) is 0 Å². The predicted molar refractivity (Wildman–Crippen MR) is 90.6 cm³/mol. The van der Waals surface area contributed by atoms with Gasteiger partial charge < -0.3 is 16.0 Å². The molecule has 0 fully saturated rings. The first-order valence-electron chi connectivity index (χ1n) is 8.06. The highest BCUT2D eigenvalue weighted by molar-refractivity contribution is 5.86. The highest BCUT2D eigenvalue weighted by Gasteiger charge is 2.14. The molecule has 124 valence electrons. The zero-order valence-electron chi connectivity index (χ0n) is 14.7. The lowest BCUT2D eigenvalue weighted by Crippen LogP contribution is -2.49. The van der Waals surface area contributed by atoms with E-state index in [9.17, 15) is 4.79 Å². The predicted octanol–water partition coefficient (Wildman–Crippen LogP) is 2.42. The maximum atomic E-state index is 11.8. The molecular formula is C16H34N4O. The first-order valence-corrected chi connectivity index (χ1v) is 8.06. The van der Waals surface area contributed by atoms with Crippen molar-refractivity contribution < 1.29 is 4.79 Å². The second-order valence-electron chi connectivity index (χ2n) is 6.62. The van der Waals surface area contributed by atoms with E-state index in [1.807, 2.05) is 20.8 Å². The van der Waals surface area contributed by atoms with E-state index in [1.54, 1.807) is 7.05 Å². The van der Waals surface area contributed by atoms with Gasteiger partial charge in [0.1, 0.15) is 0 Å². The molecular weight excluding hydrogens is 264 g/mol. The van der Waals surface area contributed by atoms with E-state index < -0.39 is 0 Å². The van der Waals surface area contributed by atoms with Crippen molar-refractivity contribution in [1.29, 1.82) is 0 Å². The largest absolute Gasteiger partial charge is 0.354 e. The van der Waals surface area contributed by atoms with Crippen LogP contribution in [0.4, 0.5) is 0 Å². The van der Waals surface area contributed by atoms with E-state index in [0.717, 1.165) is 6.42 Å². The van der Waals surface area contributed by atoms with Crippen molar-refractivity contribution >= 4 is 11.9 Å². The number of aliphatic imine (C=N–C) groups is 1. The van der Waals surface area contributed by atoms with Crippen molar-refractivity contribution in [2.45, 2.75) is 78.3 Å². The van der Waals surface area contributed by atoms with Gasteiger partial charge in [0.25, 0.3) is 0 Å². The van der Waals surface area contributed by atoms with Crippen molar-refractivity contribution in [1.82, 2.24) is 16.0 Å². The van der Waals surface area contributed by atoms with Gasteiger partial charge in [0.2, 0.25) is 5.91 Å². The summed E-state index contributed by atoms with van der Waals surface area (Å²) < 4.78 is 0. The maximum Gasteiger partial charge on any atom is 0.239 e. The Kier molecular flexibility index (Phi) is 9.84. The molecule has 1 unspecified atom stereocenters. The second-order valence-corrected chi connectivity index (χ2v) is 6.62. The van der Waals surface area contributed by atoms with Crippen molar-refractivity contribution in [3.8, 4) is 0 Å². The van der Waals surface area contributed by atoms with Gasteiger partial charge in [0, 0.05) is 18.6 Å². The van der Waals surface area contributed by atoms with Gasteiger partial charge >= 0.3 is 0 Å². The standard InChI is InChI=1S/C16H34N4O/c1-7-8-9-10-11-13(2)19-15(17-6)18-12-14(21)20-16(3,4)5/h13H,7-12H2,1-6H3,(H,20,21)(H2,17,18,19). The van der Waals surface area contributed by atoms with Gasteiger partial charge in [-0.2, -0.15) is 0 Å². The Balaban J connectivity index is 3.98. The number of nitrogens with zero attached hydrogens (tertiary/aromatic N) is 1. The van der Waals surface area contributed by atoms with Crippen molar-refractivity contribution in [3.63, 3.8) is 0 Å². The number of hydrogen-bond donors (Lipinski definition) is 3. The zero-order chi connectivity index (χ0) is 16.3. The fourth-order valence-electron chi connectivity index (χ4n) is 2.00. The molecule has 1 atom stereocenters. The SMILES string of the molecule is CCCCCCC(C)NC(=NC)NCC(=O)NC(C)(C)C. The second kappa shape index (κ2) is 10.5. The topological polar surface area (TPSA) is 65.5 Å². The minimum atomic E-state index is -0.206. The van der Waals surface area contributed by atoms with Crippen LogP contribution in [0, 0.1) is 0 Å². The monoisotopic (exact) mass is 298 g/mol. The Labute approximate surface area is 130 Å². The van der Waals surface area contributed by atoms with Gasteiger partial charge in [-0.25, -0.2) is 0 Å². The lowest BCUT2D eigenvalue weighted by molar-refractivity contribution is -0.121. The van der Waals surface area contributed by atoms with E-state index in [2.05, 4.69) is 34.8 Å². The molecule has 0 radical (unpaired) electrons. The minimum absolute atomic E-state index is 0.0268. The van der Waals surface area contributed by atoms with Crippen LogP contribution < -0.4 is 16.0 Å². The number of amides is 1. The van der Waals surface area contributed by atoms with Crippen LogP contribution in [0.2, 0.25) is 0 Å². The molecule has 0 aliphatic carbocycles. The zero-order valence-corrected chi connectivity index (χ0v) is 14.7. The number of rotatable bonds is 8. The smallest absolute Gasteiger partial charge is 0.239 e. The summed E-state index contributed by atoms with van der Waals surface area (Å²) in [7, 11) is 1.72. The normalized spacial score (nSPS) is 13.7. The summed E-state index contributed by atoms with van der Waals surface area (Å²) in [6.45, 7) is 10.5. The third-order valence-electron chi connectivity index (χ3n) is 3.03. The van der Waals surface area contributed by atoms with Crippen LogP contribution in [-0.4, -0.2) is 37.0 Å². The van der Waals surface area contributed by atoms with E-state index in [-0.39, 0.29) is 18.0 Å². The third-order valence-corrected chi connectivity index (χ3v) is 3.03. The molecule has 0 heterocycles. The molecule has 0 aliphatic heterocycles. The number of carbonyl (C=O) groups excluding carboxylic acids is 1. The number of carbonyl (C=O) groups is 1. The lowest BCUT2D eigenvalue weighted by atomic mass is 10.1. The molecule has 21 heavy (non-hydrogen) atoms. The number of nitrogens with one attached hydrogen (secondary N) is 3. The Morgan fingerprint density at radius 2 is 1.86 bits per heavy atom. The lowest BCUT2D eigenvalue weighted by Gasteiger charge is -2.22. The molecule has 1 amide bonds. The summed E-state index contributed by atoms with van der Waals surface area (Å²) in [6.07, 6.45) is 6.18. The van der Waals surface area contributed by atoms with E-state index in [4.69, 9.17) is 0 Å². The summed E-state index contributed by atoms with van der Waals surface area (Å²) in [4.78, 5) is 15.9. The summed E-state index contributed by atoms with van der Waals surface area (Å²) in [6, 6.07) is 0.360. The van der Waals surface area contributed by atoms with Crippen LogP contribution in [-0.2, 0) is 4.79 Å².